The van der Waals surface area contributed by atoms with E-state index in [1.807, 2.05) is 12.1 Å². The number of carbonyl (C=O) groups excluding carboxylic acids is 3. The van der Waals surface area contributed by atoms with Crippen molar-refractivity contribution >= 4 is 39.5 Å². The molecule has 1 fully saturated rings. The lowest BCUT2D eigenvalue weighted by Crippen LogP contribution is -2.42. The van der Waals surface area contributed by atoms with Gasteiger partial charge in [-0.1, -0.05) is 61.0 Å². The van der Waals surface area contributed by atoms with Gasteiger partial charge in [0.25, 0.3) is 5.91 Å². The predicted octanol–water partition coefficient (Wildman–Crippen LogP) is 4.29. The van der Waals surface area contributed by atoms with Crippen molar-refractivity contribution in [2.45, 2.75) is 38.6 Å². The summed E-state index contributed by atoms with van der Waals surface area (Å²) >= 11 is 3.14. The molecule has 2 aromatic carbocycles. The second-order valence-corrected chi connectivity index (χ2v) is 9.36. The maximum Gasteiger partial charge on any atom is 0.325 e. The number of hydrogen-bond acceptors (Lipinski definition) is 3. The van der Waals surface area contributed by atoms with Crippen molar-refractivity contribution in [3.63, 3.8) is 0 Å². The van der Waals surface area contributed by atoms with Crippen molar-refractivity contribution in [1.29, 1.82) is 0 Å². The first-order valence-corrected chi connectivity index (χ1v) is 10.2. The van der Waals surface area contributed by atoms with E-state index in [1.54, 1.807) is 25.1 Å². The van der Waals surface area contributed by atoms with E-state index >= 15 is 0 Å². The van der Waals surface area contributed by atoms with Crippen molar-refractivity contribution in [2.24, 2.45) is 0 Å². The van der Waals surface area contributed by atoms with Crippen LogP contribution >= 0.6 is 15.9 Å². The van der Waals surface area contributed by atoms with Crippen LogP contribution in [0.3, 0.4) is 0 Å². The minimum Gasteiger partial charge on any atom is -0.322 e. The van der Waals surface area contributed by atoms with E-state index in [0.717, 1.165) is 10.5 Å². The number of imide groups is 1. The minimum atomic E-state index is -1.28. The van der Waals surface area contributed by atoms with Gasteiger partial charge in [0.15, 0.2) is 0 Å². The first-order chi connectivity index (χ1) is 13.9. The SMILES string of the molecule is CC(C)(C)c1ccc(C2(C)NC(=O)N(CC(=O)Nc3ccc(Br)cc3F)C2=O)cc1. The van der Waals surface area contributed by atoms with Gasteiger partial charge in [-0.3, -0.25) is 14.5 Å². The molecule has 0 aliphatic carbocycles. The van der Waals surface area contributed by atoms with E-state index in [0.29, 0.717) is 10.0 Å². The van der Waals surface area contributed by atoms with Crippen molar-refractivity contribution in [3.05, 3.63) is 63.9 Å². The second kappa shape index (κ2) is 7.83. The van der Waals surface area contributed by atoms with Crippen LogP contribution in [0, 0.1) is 5.82 Å². The molecule has 1 aliphatic heterocycles. The topological polar surface area (TPSA) is 78.5 Å². The molecule has 1 saturated heterocycles. The Morgan fingerprint density at radius 3 is 2.37 bits per heavy atom. The Hall–Kier alpha value is -2.74. The fraction of sp³-hybridized carbons (Fsp3) is 0.318. The van der Waals surface area contributed by atoms with E-state index in [1.165, 1.54) is 12.1 Å². The van der Waals surface area contributed by atoms with Crippen LogP contribution in [0.2, 0.25) is 0 Å². The predicted molar refractivity (Wildman–Crippen MR) is 115 cm³/mol. The molecule has 30 heavy (non-hydrogen) atoms. The Morgan fingerprint density at radius 1 is 1.17 bits per heavy atom. The van der Waals surface area contributed by atoms with Crippen LogP contribution in [0.1, 0.15) is 38.8 Å². The molecular formula is C22H23BrFN3O3. The quantitative estimate of drug-likeness (QED) is 0.647. The summed E-state index contributed by atoms with van der Waals surface area (Å²) in [6, 6.07) is 11.0. The molecule has 0 saturated carbocycles. The average molecular weight is 476 g/mol. The van der Waals surface area contributed by atoms with Crippen molar-refractivity contribution < 1.29 is 18.8 Å². The Balaban J connectivity index is 1.76. The van der Waals surface area contributed by atoms with Crippen LogP contribution in [0.25, 0.3) is 0 Å². The van der Waals surface area contributed by atoms with Gasteiger partial charge in [0.1, 0.15) is 17.9 Å². The van der Waals surface area contributed by atoms with Gasteiger partial charge in [0, 0.05) is 4.47 Å². The summed E-state index contributed by atoms with van der Waals surface area (Å²) in [4.78, 5) is 38.6. The summed E-state index contributed by atoms with van der Waals surface area (Å²) in [5.74, 6) is -1.84. The van der Waals surface area contributed by atoms with Crippen LogP contribution in [-0.2, 0) is 20.5 Å². The summed E-state index contributed by atoms with van der Waals surface area (Å²) in [5.41, 5.74) is 0.358. The van der Waals surface area contributed by atoms with E-state index < -0.39 is 35.7 Å². The molecule has 158 valence electrons. The van der Waals surface area contributed by atoms with Gasteiger partial charge in [0.05, 0.1) is 5.69 Å². The zero-order chi connectivity index (χ0) is 22.3. The minimum absolute atomic E-state index is 0.0317. The summed E-state index contributed by atoms with van der Waals surface area (Å²) < 4.78 is 14.5. The van der Waals surface area contributed by atoms with Gasteiger partial charge in [0.2, 0.25) is 5.91 Å². The van der Waals surface area contributed by atoms with E-state index in [-0.39, 0.29) is 11.1 Å². The number of benzene rings is 2. The van der Waals surface area contributed by atoms with E-state index in [9.17, 15) is 18.8 Å². The standard InChI is InChI=1S/C22H23BrFN3O3/c1-21(2,3)13-5-7-14(8-6-13)22(4)19(29)27(20(30)26-22)12-18(28)25-17-10-9-15(23)11-16(17)24/h5-11H,12H2,1-4H3,(H,25,28)(H,26,30). The Morgan fingerprint density at radius 2 is 1.80 bits per heavy atom. The normalized spacial score (nSPS) is 19.1. The maximum atomic E-state index is 13.9. The zero-order valence-corrected chi connectivity index (χ0v) is 18.8. The molecule has 0 radical (unpaired) electrons. The molecular weight excluding hydrogens is 453 g/mol. The van der Waals surface area contributed by atoms with Gasteiger partial charge < -0.3 is 10.6 Å². The number of carbonyl (C=O) groups is 3. The molecule has 1 atom stereocenters. The summed E-state index contributed by atoms with van der Waals surface area (Å²) in [7, 11) is 0. The maximum absolute atomic E-state index is 13.9. The third-order valence-electron chi connectivity index (χ3n) is 5.11. The number of nitrogens with one attached hydrogen (secondary N) is 2. The monoisotopic (exact) mass is 475 g/mol. The van der Waals surface area contributed by atoms with Crippen molar-refractivity contribution in [2.75, 3.05) is 11.9 Å². The number of rotatable bonds is 4. The first-order valence-electron chi connectivity index (χ1n) is 9.42. The van der Waals surface area contributed by atoms with E-state index in [4.69, 9.17) is 0 Å². The van der Waals surface area contributed by atoms with Gasteiger partial charge in [-0.05, 0) is 41.7 Å². The van der Waals surface area contributed by atoms with Crippen LogP contribution in [-0.4, -0.2) is 29.3 Å². The van der Waals surface area contributed by atoms with Crippen molar-refractivity contribution in [3.8, 4) is 0 Å². The van der Waals surface area contributed by atoms with Gasteiger partial charge >= 0.3 is 6.03 Å². The Labute approximate surface area is 183 Å². The van der Waals surface area contributed by atoms with Crippen molar-refractivity contribution in [1.82, 2.24) is 10.2 Å². The fourth-order valence-electron chi connectivity index (χ4n) is 3.26. The molecule has 1 aliphatic rings. The van der Waals surface area contributed by atoms with Gasteiger partial charge in [-0.15, -0.1) is 0 Å². The lowest BCUT2D eigenvalue weighted by Gasteiger charge is -2.24. The molecule has 0 bridgehead atoms. The number of halogens is 2. The summed E-state index contributed by atoms with van der Waals surface area (Å²) in [6.07, 6.45) is 0. The lowest BCUT2D eigenvalue weighted by atomic mass is 9.84. The first kappa shape index (κ1) is 22.0. The molecule has 2 N–H and O–H groups in total. The summed E-state index contributed by atoms with van der Waals surface area (Å²) in [6.45, 7) is 7.34. The van der Waals surface area contributed by atoms with Gasteiger partial charge in [-0.25, -0.2) is 9.18 Å². The number of hydrogen-bond donors (Lipinski definition) is 2. The second-order valence-electron chi connectivity index (χ2n) is 8.45. The molecule has 1 heterocycles. The van der Waals surface area contributed by atoms with Crippen LogP contribution < -0.4 is 10.6 Å². The average Bonchev–Trinajstić information content (AvgIpc) is 2.87. The highest BCUT2D eigenvalue weighted by Gasteiger charge is 2.49. The molecule has 0 spiro atoms. The molecule has 4 amide bonds. The molecule has 8 heteroatoms. The smallest absolute Gasteiger partial charge is 0.322 e. The highest BCUT2D eigenvalue weighted by atomic mass is 79.9. The third kappa shape index (κ3) is 4.23. The Bertz CT molecular complexity index is 1020. The zero-order valence-electron chi connectivity index (χ0n) is 17.2. The molecule has 3 rings (SSSR count). The largest absolute Gasteiger partial charge is 0.325 e. The molecule has 6 nitrogen and oxygen atoms in total. The van der Waals surface area contributed by atoms with Crippen LogP contribution in [0.5, 0.6) is 0 Å². The summed E-state index contributed by atoms with van der Waals surface area (Å²) in [5, 5.41) is 5.06. The van der Waals surface area contributed by atoms with Crippen LogP contribution in [0.15, 0.2) is 46.9 Å². The number of anilines is 1. The fourth-order valence-corrected chi connectivity index (χ4v) is 3.60. The van der Waals surface area contributed by atoms with Crippen LogP contribution in [0.4, 0.5) is 14.9 Å². The molecule has 2 aromatic rings. The van der Waals surface area contributed by atoms with E-state index in [2.05, 4.69) is 47.3 Å². The molecule has 1 unspecified atom stereocenters. The lowest BCUT2D eigenvalue weighted by molar-refractivity contribution is -0.133. The van der Waals surface area contributed by atoms with Gasteiger partial charge in [-0.2, -0.15) is 0 Å². The highest BCUT2D eigenvalue weighted by molar-refractivity contribution is 9.10. The number of urea groups is 1. The molecule has 0 aromatic heterocycles. The number of nitrogens with zero attached hydrogens (tertiary/aromatic N) is 1. The highest BCUT2D eigenvalue weighted by Crippen LogP contribution is 2.31. The third-order valence-corrected chi connectivity index (χ3v) is 5.60. The number of amides is 4. The Kier molecular flexibility index (Phi) is 5.73.